The second kappa shape index (κ2) is 10.6. The monoisotopic (exact) mass is 511 g/mol. The third-order valence-electron chi connectivity index (χ3n) is 7.86. The molecule has 3 aliphatic heterocycles. The number of amides is 1. The van der Waals surface area contributed by atoms with Crippen LogP contribution in [0.4, 0.5) is 10.1 Å². The number of piperazine rings is 1. The number of nitrogens with one attached hydrogen (secondary N) is 2. The van der Waals surface area contributed by atoms with Crippen LogP contribution < -0.4 is 15.8 Å². The lowest BCUT2D eigenvalue weighted by atomic mass is 9.91. The molecule has 1 aromatic heterocycles. The maximum atomic E-state index is 13.8. The Morgan fingerprint density at radius 3 is 2.65 bits per heavy atom. The molecule has 9 heteroatoms. The van der Waals surface area contributed by atoms with Gasteiger partial charge >= 0.3 is 0 Å². The molecule has 0 bridgehead atoms. The summed E-state index contributed by atoms with van der Waals surface area (Å²) in [5.74, 6) is -0.257. The van der Waals surface area contributed by atoms with Crippen LogP contribution >= 0.6 is 0 Å². The molecule has 1 unspecified atom stereocenters. The number of ether oxygens (including phenoxy) is 1. The first kappa shape index (κ1) is 26.0. The summed E-state index contributed by atoms with van der Waals surface area (Å²) in [6.07, 6.45) is 0.377. The number of halogens is 1. The van der Waals surface area contributed by atoms with E-state index in [2.05, 4.69) is 40.9 Å². The number of aromatic amines is 1. The Kier molecular flexibility index (Phi) is 7.49. The Morgan fingerprint density at radius 1 is 1.19 bits per heavy atom. The Morgan fingerprint density at radius 2 is 1.92 bits per heavy atom. The lowest BCUT2D eigenvalue weighted by Crippen LogP contribution is -2.61. The second-order valence-electron chi connectivity index (χ2n) is 11.4. The molecule has 2 atom stereocenters. The van der Waals surface area contributed by atoms with Gasteiger partial charge < -0.3 is 19.9 Å². The van der Waals surface area contributed by atoms with Gasteiger partial charge in [-0.15, -0.1) is 0 Å². The van der Waals surface area contributed by atoms with Crippen molar-refractivity contribution in [1.82, 2.24) is 20.1 Å². The molecule has 3 aliphatic rings. The molecule has 4 heterocycles. The number of hydrogen-bond donors (Lipinski definition) is 2. The van der Waals surface area contributed by atoms with Crippen LogP contribution in [0.2, 0.25) is 0 Å². The third-order valence-corrected chi connectivity index (χ3v) is 7.86. The summed E-state index contributed by atoms with van der Waals surface area (Å²) in [7, 11) is 0. The van der Waals surface area contributed by atoms with Crippen LogP contribution in [0.1, 0.15) is 37.6 Å². The number of nitrogens with zero attached hydrogens (tertiary/aromatic N) is 3. The number of benzene rings is 1. The highest BCUT2D eigenvalue weighted by Gasteiger charge is 2.40. The number of anilines is 1. The standard InChI is InChI=1S/C28H38FN5O3/c1-19-15-33(23(14-30-19)16-32-8-10-37-11-9-32)17-25(35)34-18-28(2,3)26-24(34)13-21(27(36)31-26)12-20-4-6-22(29)7-5-20/h4-7,13,19,23,30H,8-12,14-18H2,1-3H3,(H,31,36)/t19?,23-/m1/s1. The molecular formula is C28H38FN5O3. The Balaban J connectivity index is 1.36. The largest absolute Gasteiger partial charge is 0.379 e. The van der Waals surface area contributed by atoms with Crippen LogP contribution in [0, 0.1) is 5.82 Å². The summed E-state index contributed by atoms with van der Waals surface area (Å²) in [4.78, 5) is 36.4. The van der Waals surface area contributed by atoms with Crippen LogP contribution in [0.25, 0.3) is 0 Å². The van der Waals surface area contributed by atoms with E-state index in [0.29, 0.717) is 31.1 Å². The van der Waals surface area contributed by atoms with Gasteiger partial charge in [-0.1, -0.05) is 26.0 Å². The lowest BCUT2D eigenvalue weighted by Gasteiger charge is -2.42. The summed E-state index contributed by atoms with van der Waals surface area (Å²) in [6.45, 7) is 13.1. The van der Waals surface area contributed by atoms with Crippen molar-refractivity contribution in [3.05, 3.63) is 63.3 Å². The highest BCUT2D eigenvalue weighted by molar-refractivity contribution is 5.97. The summed E-state index contributed by atoms with van der Waals surface area (Å²) in [5.41, 5.74) is 2.48. The van der Waals surface area contributed by atoms with E-state index in [9.17, 15) is 14.0 Å². The van der Waals surface area contributed by atoms with Crippen molar-refractivity contribution >= 4 is 11.6 Å². The van der Waals surface area contributed by atoms with E-state index in [1.807, 2.05) is 11.0 Å². The molecule has 0 saturated carbocycles. The molecule has 1 amide bonds. The van der Waals surface area contributed by atoms with Crippen molar-refractivity contribution < 1.29 is 13.9 Å². The SMILES string of the molecule is CC1CN(CC(=O)N2CC(C)(C)c3[nH]c(=O)c(Cc4ccc(F)cc4)cc32)[C@@H](CN2CCOCC2)CN1. The van der Waals surface area contributed by atoms with Crippen LogP contribution in [0.3, 0.4) is 0 Å². The van der Waals surface area contributed by atoms with Crippen LogP contribution in [0.15, 0.2) is 35.1 Å². The van der Waals surface area contributed by atoms with Gasteiger partial charge in [0.2, 0.25) is 5.91 Å². The van der Waals surface area contributed by atoms with Gasteiger partial charge in [0.1, 0.15) is 5.82 Å². The second-order valence-corrected chi connectivity index (χ2v) is 11.4. The molecular weight excluding hydrogens is 473 g/mol. The first-order valence-electron chi connectivity index (χ1n) is 13.3. The number of H-pyrrole nitrogens is 1. The van der Waals surface area contributed by atoms with Crippen molar-refractivity contribution in [2.45, 2.75) is 44.7 Å². The summed E-state index contributed by atoms with van der Waals surface area (Å²) < 4.78 is 18.9. The average molecular weight is 512 g/mol. The number of rotatable bonds is 6. The number of carbonyl (C=O) groups excluding carboxylic acids is 1. The summed E-state index contributed by atoms with van der Waals surface area (Å²) >= 11 is 0. The van der Waals surface area contributed by atoms with E-state index in [1.54, 1.807) is 12.1 Å². The molecule has 0 spiro atoms. The first-order chi connectivity index (χ1) is 17.7. The number of aromatic nitrogens is 1. The topological polar surface area (TPSA) is 80.9 Å². The smallest absolute Gasteiger partial charge is 0.251 e. The number of morpholine rings is 1. The van der Waals surface area contributed by atoms with Crippen LogP contribution in [-0.2, 0) is 21.4 Å². The Hall–Kier alpha value is -2.59. The van der Waals surface area contributed by atoms with E-state index in [0.717, 1.165) is 62.9 Å². The maximum Gasteiger partial charge on any atom is 0.251 e. The molecule has 5 rings (SSSR count). The molecule has 2 aromatic rings. The zero-order valence-electron chi connectivity index (χ0n) is 22.1. The number of hydrogen-bond acceptors (Lipinski definition) is 6. The normalized spacial score (nSPS) is 24.3. The fourth-order valence-electron chi connectivity index (χ4n) is 5.77. The van der Waals surface area contributed by atoms with Crippen molar-refractivity contribution in [2.75, 3.05) is 63.9 Å². The van der Waals surface area contributed by atoms with E-state index in [-0.39, 0.29) is 28.7 Å². The van der Waals surface area contributed by atoms with Gasteiger partial charge in [-0.25, -0.2) is 4.39 Å². The molecule has 200 valence electrons. The van der Waals surface area contributed by atoms with Crippen molar-refractivity contribution in [3.63, 3.8) is 0 Å². The molecule has 37 heavy (non-hydrogen) atoms. The zero-order chi connectivity index (χ0) is 26.2. The van der Waals surface area contributed by atoms with Gasteiger partial charge in [0.25, 0.3) is 5.56 Å². The third kappa shape index (κ3) is 5.80. The Labute approximate surface area is 217 Å². The average Bonchev–Trinajstić information content (AvgIpc) is 3.13. The number of fused-ring (bicyclic) bond motifs is 1. The first-order valence-corrected chi connectivity index (χ1v) is 13.3. The fourth-order valence-corrected chi connectivity index (χ4v) is 5.77. The maximum absolute atomic E-state index is 13.8. The molecule has 1 aromatic carbocycles. The van der Waals surface area contributed by atoms with Gasteiger partial charge in [-0.3, -0.25) is 19.4 Å². The van der Waals surface area contributed by atoms with E-state index >= 15 is 0 Å². The minimum absolute atomic E-state index is 0.0488. The molecule has 0 aliphatic carbocycles. The van der Waals surface area contributed by atoms with Gasteiger partial charge in [-0.05, 0) is 30.7 Å². The molecule has 2 saturated heterocycles. The van der Waals surface area contributed by atoms with E-state index in [1.165, 1.54) is 12.1 Å². The van der Waals surface area contributed by atoms with E-state index < -0.39 is 0 Å². The fraction of sp³-hybridized carbons (Fsp3) is 0.571. The predicted molar refractivity (Wildman–Crippen MR) is 142 cm³/mol. The van der Waals surface area contributed by atoms with E-state index in [4.69, 9.17) is 4.74 Å². The summed E-state index contributed by atoms with van der Waals surface area (Å²) in [5, 5.41) is 3.58. The van der Waals surface area contributed by atoms with Gasteiger partial charge in [0.15, 0.2) is 0 Å². The van der Waals surface area contributed by atoms with Crippen molar-refractivity contribution in [1.29, 1.82) is 0 Å². The van der Waals surface area contributed by atoms with Crippen molar-refractivity contribution in [2.24, 2.45) is 0 Å². The zero-order valence-corrected chi connectivity index (χ0v) is 22.1. The lowest BCUT2D eigenvalue weighted by molar-refractivity contribution is -0.121. The highest BCUT2D eigenvalue weighted by atomic mass is 19.1. The molecule has 2 fully saturated rings. The molecule has 8 nitrogen and oxygen atoms in total. The predicted octanol–water partition coefficient (Wildman–Crippen LogP) is 1.72. The minimum Gasteiger partial charge on any atom is -0.379 e. The van der Waals surface area contributed by atoms with Crippen molar-refractivity contribution in [3.8, 4) is 0 Å². The van der Waals surface area contributed by atoms with Gasteiger partial charge in [0, 0.05) is 74.4 Å². The molecule has 0 radical (unpaired) electrons. The van der Waals surface area contributed by atoms with Gasteiger partial charge in [0.05, 0.1) is 25.4 Å². The van der Waals surface area contributed by atoms with Crippen LogP contribution in [-0.4, -0.2) is 91.8 Å². The summed E-state index contributed by atoms with van der Waals surface area (Å²) in [6, 6.07) is 8.60. The number of pyridine rings is 1. The van der Waals surface area contributed by atoms with Gasteiger partial charge in [-0.2, -0.15) is 0 Å². The number of carbonyl (C=O) groups is 1. The van der Waals surface area contributed by atoms with Crippen LogP contribution in [0.5, 0.6) is 0 Å². The minimum atomic E-state index is -0.359. The highest BCUT2D eigenvalue weighted by Crippen LogP contribution is 2.39. The molecule has 2 N–H and O–H groups in total. The Bertz CT molecular complexity index is 1180. The quantitative estimate of drug-likeness (QED) is 0.615.